The molecule has 2 aromatic rings. The normalized spacial score (nSPS) is 22.5. The first-order valence-corrected chi connectivity index (χ1v) is 14.0. The number of fused-ring (bicyclic) bond motifs is 1. The molecule has 40 heavy (non-hydrogen) atoms. The van der Waals surface area contributed by atoms with Gasteiger partial charge in [-0.1, -0.05) is 0 Å². The van der Waals surface area contributed by atoms with E-state index in [-0.39, 0.29) is 36.1 Å². The lowest BCUT2D eigenvalue weighted by Crippen LogP contribution is -2.57. The van der Waals surface area contributed by atoms with Crippen LogP contribution >= 0.6 is 0 Å². The molecular weight excluding hydrogens is 546 g/mol. The molecule has 0 aromatic carbocycles. The van der Waals surface area contributed by atoms with Crippen molar-refractivity contribution in [3.63, 3.8) is 0 Å². The molecule has 4 rings (SSSR count). The fraction of sp³-hybridized carbons (Fsp3) is 0.440. The van der Waals surface area contributed by atoms with Gasteiger partial charge in [0.25, 0.3) is 5.91 Å². The number of nitriles is 1. The maximum atomic E-state index is 15.3. The van der Waals surface area contributed by atoms with Gasteiger partial charge in [0.05, 0.1) is 17.9 Å². The average molecular weight is 575 g/mol. The molecule has 1 unspecified atom stereocenters. The van der Waals surface area contributed by atoms with E-state index >= 15 is 4.39 Å². The van der Waals surface area contributed by atoms with Gasteiger partial charge < -0.3 is 10.1 Å². The summed E-state index contributed by atoms with van der Waals surface area (Å²) in [6, 6.07) is 6.76. The molecule has 2 aliphatic rings. The number of anilines is 1. The van der Waals surface area contributed by atoms with E-state index in [9.17, 15) is 18.2 Å². The average Bonchev–Trinajstić information content (AvgIpc) is 3.09. The van der Waals surface area contributed by atoms with Crippen LogP contribution in [0.25, 0.3) is 0 Å². The molecule has 2 N–H and O–H groups in total. The van der Waals surface area contributed by atoms with Crippen LogP contribution in [0.2, 0.25) is 0 Å². The number of nitrogens with one attached hydrogen (secondary N) is 2. The van der Waals surface area contributed by atoms with Gasteiger partial charge in [0.15, 0.2) is 5.54 Å². The van der Waals surface area contributed by atoms with Gasteiger partial charge in [-0.2, -0.15) is 5.26 Å². The first-order valence-electron chi connectivity index (χ1n) is 12.4. The number of aromatic nitrogens is 2. The minimum Gasteiger partial charge on any atom is -0.444 e. The van der Waals surface area contributed by atoms with Gasteiger partial charge in [-0.15, -0.1) is 0 Å². The summed E-state index contributed by atoms with van der Waals surface area (Å²) in [5.41, 5.74) is -3.32. The number of alkyl halides is 1. The first-order chi connectivity index (χ1) is 18.9. The second-order valence-corrected chi connectivity index (χ2v) is 12.4. The SMILES string of the molecule is CC(C)(C)OC(=O)NC1=N[C@](CF)(c2nc(NC(=O)c3ccc(C#N)cn3)ccc2F)CS2(=O)=NCCCCN12. The molecule has 15 heteroatoms. The fourth-order valence-corrected chi connectivity index (χ4v) is 6.58. The number of aliphatic imine (C=N–C) groups is 1. The number of carbonyl (C=O) groups is 2. The lowest BCUT2D eigenvalue weighted by Gasteiger charge is -2.39. The molecule has 0 spiro atoms. The zero-order valence-corrected chi connectivity index (χ0v) is 22.9. The van der Waals surface area contributed by atoms with Crippen molar-refractivity contribution < 1.29 is 27.3 Å². The molecule has 0 saturated carbocycles. The third-order valence-electron chi connectivity index (χ3n) is 5.88. The Kier molecular flexibility index (Phi) is 8.01. The number of amides is 2. The second-order valence-electron chi connectivity index (χ2n) is 10.2. The van der Waals surface area contributed by atoms with Crippen LogP contribution in [0.4, 0.5) is 19.4 Å². The molecule has 0 aliphatic carbocycles. The van der Waals surface area contributed by atoms with Crippen LogP contribution in [0.1, 0.15) is 55.4 Å². The van der Waals surface area contributed by atoms with E-state index in [4.69, 9.17) is 10.00 Å². The highest BCUT2D eigenvalue weighted by Crippen LogP contribution is 2.36. The number of hydrogen-bond donors (Lipinski definition) is 2. The highest BCUT2D eigenvalue weighted by Gasteiger charge is 2.48. The standard InChI is InChI=1S/C25H28F2N8O4S/c1-24(2,3)39-23(37)33-22-34-25(14-26,15-40(38)30-10-4-5-11-35(22)40)20-17(27)7-9-19(31-20)32-21(36)18-8-6-16(12-28)13-29-18/h6-9,13H,4-5,10-11,14-15H2,1-3H3,(H,31,32,36)(H,33,34,37)/t25-,40?/m0/s1. The Morgan fingerprint density at radius 1 is 1.23 bits per heavy atom. The Hall–Kier alpha value is -4.19. The van der Waals surface area contributed by atoms with E-state index in [1.165, 1.54) is 28.7 Å². The summed E-state index contributed by atoms with van der Waals surface area (Å²) in [6.07, 6.45) is 1.48. The number of carbonyl (C=O) groups excluding carboxylic acids is 2. The first kappa shape index (κ1) is 28.8. The largest absolute Gasteiger partial charge is 0.444 e. The maximum absolute atomic E-state index is 15.3. The molecule has 0 saturated heterocycles. The van der Waals surface area contributed by atoms with E-state index in [1.807, 2.05) is 6.07 Å². The van der Waals surface area contributed by atoms with Gasteiger partial charge in [0.1, 0.15) is 51.3 Å². The smallest absolute Gasteiger partial charge is 0.414 e. The van der Waals surface area contributed by atoms with Crippen molar-refractivity contribution in [1.82, 2.24) is 19.6 Å². The lowest BCUT2D eigenvalue weighted by molar-refractivity contribution is 0.0558. The predicted molar refractivity (Wildman–Crippen MR) is 142 cm³/mol. The molecule has 212 valence electrons. The summed E-state index contributed by atoms with van der Waals surface area (Å²) >= 11 is 0. The zero-order valence-electron chi connectivity index (χ0n) is 22.1. The second kappa shape index (κ2) is 11.1. The van der Waals surface area contributed by atoms with Crippen LogP contribution < -0.4 is 10.6 Å². The van der Waals surface area contributed by atoms with Crippen molar-refractivity contribution in [1.29, 1.82) is 5.26 Å². The van der Waals surface area contributed by atoms with E-state index < -0.39 is 57.0 Å². The fourth-order valence-electron chi connectivity index (χ4n) is 4.10. The van der Waals surface area contributed by atoms with E-state index in [0.29, 0.717) is 12.8 Å². The monoisotopic (exact) mass is 574 g/mol. The number of nitrogens with zero attached hydrogens (tertiary/aromatic N) is 6. The predicted octanol–water partition coefficient (Wildman–Crippen LogP) is 3.28. The Labute approximate surface area is 230 Å². The highest BCUT2D eigenvalue weighted by atomic mass is 32.2. The highest BCUT2D eigenvalue weighted by molar-refractivity contribution is 7.92. The molecule has 12 nitrogen and oxygen atoms in total. The Morgan fingerprint density at radius 3 is 2.65 bits per heavy atom. The zero-order chi connectivity index (χ0) is 29.1. The van der Waals surface area contributed by atoms with Crippen molar-refractivity contribution >= 4 is 33.7 Å². The molecule has 2 amide bonds. The number of alkyl carbamates (subject to hydrolysis) is 1. The molecule has 2 atom stereocenters. The van der Waals surface area contributed by atoms with Crippen LogP contribution in [0, 0.1) is 17.1 Å². The van der Waals surface area contributed by atoms with Crippen LogP contribution in [0.3, 0.4) is 0 Å². The van der Waals surface area contributed by atoms with Gasteiger partial charge in [-0.3, -0.25) is 14.4 Å². The third kappa shape index (κ3) is 6.17. The van der Waals surface area contributed by atoms with Crippen molar-refractivity contribution in [3.8, 4) is 6.07 Å². The van der Waals surface area contributed by atoms with Gasteiger partial charge in [-0.25, -0.2) is 37.1 Å². The van der Waals surface area contributed by atoms with Crippen LogP contribution in [0.15, 0.2) is 39.8 Å². The molecular formula is C25H28F2N8O4S. The maximum Gasteiger partial charge on any atom is 0.414 e. The van der Waals surface area contributed by atoms with Crippen molar-refractivity contribution in [2.75, 3.05) is 30.8 Å². The van der Waals surface area contributed by atoms with Crippen molar-refractivity contribution in [3.05, 3.63) is 53.2 Å². The van der Waals surface area contributed by atoms with E-state index in [2.05, 4.69) is 30.0 Å². The number of ether oxygens (including phenoxy) is 1. The molecule has 2 aromatic heterocycles. The molecule has 4 heterocycles. The van der Waals surface area contributed by atoms with Crippen LogP contribution in [-0.2, 0) is 20.2 Å². The Bertz CT molecular complexity index is 1510. The summed E-state index contributed by atoms with van der Waals surface area (Å²) in [7, 11) is -3.39. The number of rotatable bonds is 4. The van der Waals surface area contributed by atoms with Gasteiger partial charge in [0, 0.05) is 12.7 Å². The van der Waals surface area contributed by atoms with Crippen LogP contribution in [-0.4, -0.2) is 67.6 Å². The summed E-state index contributed by atoms with van der Waals surface area (Å²) < 4.78 is 55.3. The minimum absolute atomic E-state index is 0.0396. The molecule has 0 bridgehead atoms. The summed E-state index contributed by atoms with van der Waals surface area (Å²) in [5.74, 6) is -2.62. The van der Waals surface area contributed by atoms with Crippen molar-refractivity contribution in [2.45, 2.75) is 44.8 Å². The van der Waals surface area contributed by atoms with Gasteiger partial charge >= 0.3 is 6.09 Å². The molecule has 2 aliphatic heterocycles. The number of halogens is 2. The topological polar surface area (TPSA) is 162 Å². The quantitative estimate of drug-likeness (QED) is 0.566. The van der Waals surface area contributed by atoms with E-state index in [1.54, 1.807) is 20.8 Å². The molecule has 0 radical (unpaired) electrons. The summed E-state index contributed by atoms with van der Waals surface area (Å²) in [5, 5.41) is 13.8. The summed E-state index contributed by atoms with van der Waals surface area (Å²) in [4.78, 5) is 37.7. The van der Waals surface area contributed by atoms with Crippen molar-refractivity contribution in [2.24, 2.45) is 9.36 Å². The number of guanidine groups is 1. The number of hydrogen-bond acceptors (Lipinski definition) is 9. The van der Waals surface area contributed by atoms with Gasteiger partial charge in [-0.05, 0) is 57.9 Å². The van der Waals surface area contributed by atoms with Crippen LogP contribution in [0.5, 0.6) is 0 Å². The number of pyridine rings is 2. The summed E-state index contributed by atoms with van der Waals surface area (Å²) in [6.45, 7) is 4.06. The Morgan fingerprint density at radius 2 is 2.00 bits per heavy atom. The molecule has 0 fully saturated rings. The van der Waals surface area contributed by atoms with E-state index in [0.717, 1.165) is 6.07 Å². The third-order valence-corrected chi connectivity index (χ3v) is 8.36. The van der Waals surface area contributed by atoms with Gasteiger partial charge in [0.2, 0.25) is 5.96 Å². The lowest BCUT2D eigenvalue weighted by atomic mass is 9.98. The minimum atomic E-state index is -3.39. The Balaban J connectivity index is 1.75.